The maximum absolute atomic E-state index is 13.3. The number of carbonyl (C=O) groups excluding carboxylic acids is 2. The quantitative estimate of drug-likeness (QED) is 0.358. The second-order valence-electron chi connectivity index (χ2n) is 6.82. The summed E-state index contributed by atoms with van der Waals surface area (Å²) in [5.41, 5.74) is 0.337. The molecular formula is C23H19F2NO7S. The summed E-state index contributed by atoms with van der Waals surface area (Å²) in [4.78, 5) is 24.2. The van der Waals surface area contributed by atoms with Gasteiger partial charge in [0.05, 0.1) is 30.2 Å². The Bertz CT molecular complexity index is 1330. The van der Waals surface area contributed by atoms with Crippen molar-refractivity contribution in [3.05, 3.63) is 83.4 Å². The smallest absolute Gasteiger partial charge is 0.338 e. The topological polar surface area (TPSA) is 108 Å². The molecule has 0 aliphatic rings. The van der Waals surface area contributed by atoms with Crippen molar-refractivity contribution < 1.29 is 41.0 Å². The molecule has 3 aromatic carbocycles. The van der Waals surface area contributed by atoms with Gasteiger partial charge in [0.25, 0.3) is 10.0 Å². The molecule has 0 fully saturated rings. The number of hydrogen-bond donors (Lipinski definition) is 1. The summed E-state index contributed by atoms with van der Waals surface area (Å²) in [7, 11) is -1.33. The van der Waals surface area contributed by atoms with Crippen LogP contribution in [-0.4, -0.2) is 41.0 Å². The van der Waals surface area contributed by atoms with Gasteiger partial charge in [0, 0.05) is 11.8 Å². The second-order valence-corrected chi connectivity index (χ2v) is 8.51. The highest BCUT2D eigenvalue weighted by Gasteiger charge is 2.19. The number of carbonyl (C=O) groups is 2. The lowest BCUT2D eigenvalue weighted by atomic mass is 10.1. The molecule has 0 saturated heterocycles. The summed E-state index contributed by atoms with van der Waals surface area (Å²) in [5, 5.41) is 0. The Kier molecular flexibility index (Phi) is 7.47. The number of ketones is 1. The number of esters is 1. The molecule has 1 N–H and O–H groups in total. The van der Waals surface area contributed by atoms with E-state index in [4.69, 9.17) is 14.2 Å². The Hall–Kier alpha value is -3.99. The van der Waals surface area contributed by atoms with Crippen LogP contribution in [0.2, 0.25) is 0 Å². The predicted molar refractivity (Wildman–Crippen MR) is 118 cm³/mol. The minimum absolute atomic E-state index is 0.0604. The molecule has 34 heavy (non-hydrogen) atoms. The molecule has 0 aromatic heterocycles. The molecule has 178 valence electrons. The Morgan fingerprint density at radius 3 is 2.21 bits per heavy atom. The molecule has 3 rings (SSSR count). The Labute approximate surface area is 194 Å². The van der Waals surface area contributed by atoms with Crippen LogP contribution in [-0.2, 0) is 14.8 Å². The van der Waals surface area contributed by atoms with Crippen LogP contribution < -0.4 is 14.2 Å². The van der Waals surface area contributed by atoms with Crippen molar-refractivity contribution in [2.24, 2.45) is 0 Å². The highest BCUT2D eigenvalue weighted by molar-refractivity contribution is 7.92. The Morgan fingerprint density at radius 2 is 1.59 bits per heavy atom. The number of rotatable bonds is 9. The molecule has 11 heteroatoms. The lowest BCUT2D eigenvalue weighted by molar-refractivity contribution is 0.0474. The largest absolute Gasteiger partial charge is 0.497 e. The number of nitrogens with one attached hydrogen (secondary N) is 1. The van der Waals surface area contributed by atoms with E-state index in [0.717, 1.165) is 6.07 Å². The number of halogens is 2. The average Bonchev–Trinajstić information content (AvgIpc) is 2.83. The maximum Gasteiger partial charge on any atom is 0.338 e. The van der Waals surface area contributed by atoms with Crippen molar-refractivity contribution in [3.63, 3.8) is 0 Å². The molecule has 0 radical (unpaired) electrons. The molecule has 0 spiro atoms. The minimum atomic E-state index is -4.19. The third-order valence-corrected chi connectivity index (χ3v) is 6.00. The summed E-state index contributed by atoms with van der Waals surface area (Å²) >= 11 is 0. The third-order valence-electron chi connectivity index (χ3n) is 4.62. The fourth-order valence-corrected chi connectivity index (χ4v) is 3.92. The van der Waals surface area contributed by atoms with E-state index < -0.39 is 44.9 Å². The highest BCUT2D eigenvalue weighted by Crippen LogP contribution is 2.25. The van der Waals surface area contributed by atoms with Crippen molar-refractivity contribution in [1.29, 1.82) is 0 Å². The number of ether oxygens (including phenoxy) is 3. The lowest BCUT2D eigenvalue weighted by Crippen LogP contribution is -2.15. The van der Waals surface area contributed by atoms with E-state index in [2.05, 4.69) is 4.72 Å². The lowest BCUT2D eigenvalue weighted by Gasteiger charge is -2.11. The van der Waals surface area contributed by atoms with E-state index in [1.54, 1.807) is 6.07 Å². The minimum Gasteiger partial charge on any atom is -0.497 e. The normalized spacial score (nSPS) is 10.9. The van der Waals surface area contributed by atoms with Crippen molar-refractivity contribution >= 4 is 27.5 Å². The van der Waals surface area contributed by atoms with Crippen LogP contribution in [0.5, 0.6) is 11.5 Å². The van der Waals surface area contributed by atoms with Gasteiger partial charge in [0.2, 0.25) is 5.78 Å². The molecule has 0 unspecified atom stereocenters. The van der Waals surface area contributed by atoms with Gasteiger partial charge in [-0.3, -0.25) is 9.52 Å². The average molecular weight is 491 g/mol. The number of Topliss-reactive ketones (excluding diaryl/α,β-unsaturated/α-hetero) is 1. The highest BCUT2D eigenvalue weighted by atomic mass is 32.2. The predicted octanol–water partition coefficient (Wildman–Crippen LogP) is 3.82. The second kappa shape index (κ2) is 10.3. The van der Waals surface area contributed by atoms with Crippen LogP contribution >= 0.6 is 0 Å². The van der Waals surface area contributed by atoms with Crippen LogP contribution in [0.25, 0.3) is 0 Å². The number of benzene rings is 3. The van der Waals surface area contributed by atoms with Gasteiger partial charge in [0.1, 0.15) is 11.5 Å². The summed E-state index contributed by atoms with van der Waals surface area (Å²) in [6, 6.07) is 11.9. The van der Waals surface area contributed by atoms with E-state index >= 15 is 0 Å². The van der Waals surface area contributed by atoms with Crippen molar-refractivity contribution in [2.45, 2.75) is 4.90 Å². The maximum atomic E-state index is 13.3. The fourth-order valence-electron chi connectivity index (χ4n) is 2.85. The number of methoxy groups -OCH3 is 2. The zero-order valence-electron chi connectivity index (χ0n) is 18.0. The Morgan fingerprint density at radius 1 is 0.882 bits per heavy atom. The fraction of sp³-hybridized carbons (Fsp3) is 0.130. The van der Waals surface area contributed by atoms with Crippen LogP contribution in [0.4, 0.5) is 14.5 Å². The summed E-state index contributed by atoms with van der Waals surface area (Å²) < 4.78 is 68.5. The Balaban J connectivity index is 1.64. The first-order valence-corrected chi connectivity index (χ1v) is 11.1. The number of hydrogen-bond acceptors (Lipinski definition) is 7. The molecule has 0 heterocycles. The van der Waals surface area contributed by atoms with E-state index in [0.29, 0.717) is 17.9 Å². The molecular weight excluding hydrogens is 472 g/mol. The molecule has 0 atom stereocenters. The van der Waals surface area contributed by atoms with Crippen LogP contribution in [0, 0.1) is 11.6 Å². The van der Waals surface area contributed by atoms with Crippen molar-refractivity contribution in [2.75, 3.05) is 25.5 Å². The summed E-state index contributed by atoms with van der Waals surface area (Å²) in [6.45, 7) is -0.550. The first-order valence-electron chi connectivity index (χ1n) is 9.65. The van der Waals surface area contributed by atoms with Gasteiger partial charge in [-0.25, -0.2) is 22.0 Å². The van der Waals surface area contributed by atoms with Crippen LogP contribution in [0.1, 0.15) is 20.7 Å². The molecule has 0 amide bonds. The van der Waals surface area contributed by atoms with Crippen molar-refractivity contribution in [1.82, 2.24) is 0 Å². The third kappa shape index (κ3) is 5.67. The van der Waals surface area contributed by atoms with E-state index in [-0.39, 0.29) is 22.6 Å². The molecule has 0 aliphatic heterocycles. The van der Waals surface area contributed by atoms with E-state index in [1.807, 2.05) is 0 Å². The van der Waals surface area contributed by atoms with Crippen molar-refractivity contribution in [3.8, 4) is 11.5 Å². The number of anilines is 1. The van der Waals surface area contributed by atoms with Gasteiger partial charge >= 0.3 is 5.97 Å². The standard InChI is InChI=1S/C23H19F2NO7S/c1-31-16-7-9-18(22(11-16)32-2)21(27)13-33-23(28)14-3-5-15(6-4-14)26-34(29,30)17-8-10-19(24)20(25)12-17/h3-12,26H,13H2,1-2H3. The molecule has 0 bridgehead atoms. The molecule has 3 aromatic rings. The van der Waals surface area contributed by atoms with E-state index in [1.165, 1.54) is 50.6 Å². The zero-order chi connectivity index (χ0) is 24.9. The molecule has 0 saturated carbocycles. The first kappa shape index (κ1) is 24.6. The molecule has 8 nitrogen and oxygen atoms in total. The summed E-state index contributed by atoms with van der Waals surface area (Å²) in [6.07, 6.45) is 0. The molecule has 0 aliphatic carbocycles. The van der Waals surface area contributed by atoms with Crippen LogP contribution in [0.3, 0.4) is 0 Å². The van der Waals surface area contributed by atoms with E-state index in [9.17, 15) is 26.8 Å². The summed E-state index contributed by atoms with van der Waals surface area (Å²) in [5.74, 6) is -3.03. The van der Waals surface area contributed by atoms with Gasteiger partial charge in [-0.2, -0.15) is 0 Å². The van der Waals surface area contributed by atoms with Gasteiger partial charge in [-0.05, 0) is 54.6 Å². The monoisotopic (exact) mass is 491 g/mol. The van der Waals surface area contributed by atoms with Gasteiger partial charge in [-0.15, -0.1) is 0 Å². The van der Waals surface area contributed by atoms with Crippen LogP contribution in [0.15, 0.2) is 65.6 Å². The van der Waals surface area contributed by atoms with Gasteiger partial charge in [0.15, 0.2) is 18.2 Å². The van der Waals surface area contributed by atoms with Gasteiger partial charge < -0.3 is 14.2 Å². The SMILES string of the molecule is COc1ccc(C(=O)COC(=O)c2ccc(NS(=O)(=O)c3ccc(F)c(F)c3)cc2)c(OC)c1. The first-order chi connectivity index (χ1) is 16.1. The number of sulfonamides is 1. The van der Waals surface area contributed by atoms with Gasteiger partial charge in [-0.1, -0.05) is 0 Å². The zero-order valence-corrected chi connectivity index (χ0v) is 18.8.